The van der Waals surface area contributed by atoms with Crippen molar-refractivity contribution in [2.24, 2.45) is 11.8 Å². The van der Waals surface area contributed by atoms with Crippen molar-refractivity contribution in [3.63, 3.8) is 0 Å². The van der Waals surface area contributed by atoms with Gasteiger partial charge in [-0.1, -0.05) is 6.42 Å². The maximum absolute atomic E-state index is 12.8. The number of rotatable bonds is 3. The van der Waals surface area contributed by atoms with E-state index in [2.05, 4.69) is 4.98 Å². The fourth-order valence-corrected chi connectivity index (χ4v) is 5.24. The molecule has 3 fully saturated rings. The van der Waals surface area contributed by atoms with Gasteiger partial charge in [0.25, 0.3) is 5.91 Å². The zero-order valence-corrected chi connectivity index (χ0v) is 13.6. The number of carboxylic acids is 1. The molecule has 23 heavy (non-hydrogen) atoms. The van der Waals surface area contributed by atoms with Gasteiger partial charge in [0.05, 0.1) is 6.20 Å². The molecule has 3 aliphatic rings. The van der Waals surface area contributed by atoms with Crippen LogP contribution in [0.3, 0.4) is 0 Å². The predicted molar refractivity (Wildman–Crippen MR) is 83.3 cm³/mol. The highest BCUT2D eigenvalue weighted by Crippen LogP contribution is 2.43. The molecule has 2 aliphatic heterocycles. The van der Waals surface area contributed by atoms with E-state index in [0.29, 0.717) is 17.3 Å². The van der Waals surface area contributed by atoms with Gasteiger partial charge >= 0.3 is 5.97 Å². The minimum absolute atomic E-state index is 0.00483. The van der Waals surface area contributed by atoms with Gasteiger partial charge in [0, 0.05) is 13.2 Å². The summed E-state index contributed by atoms with van der Waals surface area (Å²) in [5, 5.41) is 10.4. The molecule has 0 unspecified atom stereocenters. The topological polar surface area (TPSA) is 79.7 Å². The molecule has 2 saturated heterocycles. The Kier molecular flexibility index (Phi) is 3.85. The largest absolute Gasteiger partial charge is 0.480 e. The molecule has 1 amide bonds. The lowest BCUT2D eigenvalue weighted by molar-refractivity contribution is -0.142. The average molecular weight is 336 g/mol. The van der Waals surface area contributed by atoms with Crippen LogP contribution < -0.4 is 0 Å². The minimum atomic E-state index is -0.878. The van der Waals surface area contributed by atoms with Gasteiger partial charge in [0.1, 0.15) is 22.0 Å². The van der Waals surface area contributed by atoms with Gasteiger partial charge in [0.2, 0.25) is 0 Å². The van der Waals surface area contributed by atoms with E-state index in [1.165, 1.54) is 11.3 Å². The van der Waals surface area contributed by atoms with Crippen LogP contribution in [-0.2, 0) is 9.53 Å². The van der Waals surface area contributed by atoms with Gasteiger partial charge in [-0.25, -0.2) is 9.78 Å². The van der Waals surface area contributed by atoms with E-state index < -0.39 is 12.0 Å². The quantitative estimate of drug-likeness (QED) is 0.916. The van der Waals surface area contributed by atoms with Crippen LogP contribution in [0.25, 0.3) is 0 Å². The highest BCUT2D eigenvalue weighted by molar-refractivity contribution is 7.13. The summed E-state index contributed by atoms with van der Waals surface area (Å²) in [6.45, 7) is 1.30. The van der Waals surface area contributed by atoms with E-state index in [0.717, 1.165) is 43.7 Å². The second-order valence-electron chi connectivity index (χ2n) is 6.66. The summed E-state index contributed by atoms with van der Waals surface area (Å²) in [5.74, 6) is -0.613. The van der Waals surface area contributed by atoms with Gasteiger partial charge in [-0.3, -0.25) is 4.79 Å². The van der Waals surface area contributed by atoms with Gasteiger partial charge in [-0.2, -0.15) is 0 Å². The van der Waals surface area contributed by atoms with Crippen molar-refractivity contribution < 1.29 is 19.4 Å². The Balaban J connectivity index is 1.55. The number of nitrogens with zero attached hydrogens (tertiary/aromatic N) is 2. The van der Waals surface area contributed by atoms with E-state index in [1.807, 2.05) is 0 Å². The number of carbonyl (C=O) groups is 2. The summed E-state index contributed by atoms with van der Waals surface area (Å²) in [4.78, 5) is 30.9. The minimum Gasteiger partial charge on any atom is -0.480 e. The van der Waals surface area contributed by atoms with Gasteiger partial charge in [-0.15, -0.1) is 11.3 Å². The van der Waals surface area contributed by atoms with E-state index >= 15 is 0 Å². The van der Waals surface area contributed by atoms with Crippen LogP contribution in [0.5, 0.6) is 0 Å². The SMILES string of the molecule is O=C(O)[C@@H]1[C@@H]2CCC[C@H]2CN1C(=O)c1cnc([C@@H]2CCCO2)s1. The molecular weight excluding hydrogens is 316 g/mol. The summed E-state index contributed by atoms with van der Waals surface area (Å²) in [6, 6.07) is -0.678. The lowest BCUT2D eigenvalue weighted by atomic mass is 9.94. The molecule has 6 nitrogen and oxygen atoms in total. The summed E-state index contributed by atoms with van der Waals surface area (Å²) in [5.41, 5.74) is 0. The molecule has 1 N–H and O–H groups in total. The van der Waals surface area contributed by atoms with E-state index in [-0.39, 0.29) is 17.9 Å². The third-order valence-electron chi connectivity index (χ3n) is 5.34. The molecule has 0 bridgehead atoms. The van der Waals surface area contributed by atoms with Crippen LogP contribution in [0, 0.1) is 11.8 Å². The van der Waals surface area contributed by atoms with Crippen LogP contribution in [-0.4, -0.2) is 46.1 Å². The number of fused-ring (bicyclic) bond motifs is 1. The van der Waals surface area contributed by atoms with E-state index in [1.54, 1.807) is 11.1 Å². The number of aromatic nitrogens is 1. The molecule has 4 rings (SSSR count). The zero-order chi connectivity index (χ0) is 16.0. The highest BCUT2D eigenvalue weighted by atomic mass is 32.1. The summed E-state index contributed by atoms with van der Waals surface area (Å²) in [6.07, 6.45) is 6.55. The van der Waals surface area contributed by atoms with Crippen molar-refractivity contribution in [2.75, 3.05) is 13.2 Å². The Labute approximate surface area is 138 Å². The smallest absolute Gasteiger partial charge is 0.326 e. The Bertz CT molecular complexity index is 625. The van der Waals surface area contributed by atoms with Crippen molar-refractivity contribution >= 4 is 23.2 Å². The molecule has 1 saturated carbocycles. The normalized spacial score (nSPS) is 33.1. The van der Waals surface area contributed by atoms with Crippen LogP contribution in [0.15, 0.2) is 6.20 Å². The monoisotopic (exact) mass is 336 g/mol. The van der Waals surface area contributed by atoms with Gasteiger partial charge in [0.15, 0.2) is 0 Å². The van der Waals surface area contributed by atoms with Crippen molar-refractivity contribution in [3.8, 4) is 0 Å². The molecule has 3 heterocycles. The number of aliphatic carboxylic acids is 1. The highest BCUT2D eigenvalue weighted by Gasteiger charge is 2.49. The second-order valence-corrected chi connectivity index (χ2v) is 7.72. The first-order valence-electron chi connectivity index (χ1n) is 8.26. The Morgan fingerprint density at radius 3 is 2.91 bits per heavy atom. The zero-order valence-electron chi connectivity index (χ0n) is 12.8. The average Bonchev–Trinajstić information content (AvgIpc) is 3.26. The molecule has 124 valence electrons. The maximum Gasteiger partial charge on any atom is 0.326 e. The first-order valence-corrected chi connectivity index (χ1v) is 9.08. The molecule has 1 aliphatic carbocycles. The molecule has 1 aromatic rings. The molecule has 7 heteroatoms. The van der Waals surface area contributed by atoms with Crippen LogP contribution in [0.4, 0.5) is 0 Å². The number of ether oxygens (including phenoxy) is 1. The molecule has 0 radical (unpaired) electrons. The number of likely N-dealkylation sites (tertiary alicyclic amines) is 1. The lowest BCUT2D eigenvalue weighted by Gasteiger charge is -2.23. The number of amides is 1. The number of carbonyl (C=O) groups excluding carboxylic acids is 1. The van der Waals surface area contributed by atoms with Gasteiger partial charge in [-0.05, 0) is 37.5 Å². The van der Waals surface area contributed by atoms with Crippen molar-refractivity contribution in [1.82, 2.24) is 9.88 Å². The maximum atomic E-state index is 12.8. The van der Waals surface area contributed by atoms with Crippen molar-refractivity contribution in [2.45, 2.75) is 44.2 Å². The molecular formula is C16H20N2O4S. The van der Waals surface area contributed by atoms with E-state index in [4.69, 9.17) is 4.74 Å². The fraction of sp³-hybridized carbons (Fsp3) is 0.688. The van der Waals surface area contributed by atoms with Gasteiger partial charge < -0.3 is 14.7 Å². The summed E-state index contributed by atoms with van der Waals surface area (Å²) >= 11 is 1.35. The first-order chi connectivity index (χ1) is 11.1. The lowest BCUT2D eigenvalue weighted by Crippen LogP contribution is -2.43. The number of thiazole rings is 1. The first kappa shape index (κ1) is 15.1. The van der Waals surface area contributed by atoms with Crippen molar-refractivity contribution in [3.05, 3.63) is 16.1 Å². The summed E-state index contributed by atoms with van der Waals surface area (Å²) in [7, 11) is 0. The van der Waals surface area contributed by atoms with Crippen LogP contribution >= 0.6 is 11.3 Å². The third-order valence-corrected chi connectivity index (χ3v) is 6.42. The van der Waals surface area contributed by atoms with Crippen LogP contribution in [0.2, 0.25) is 0 Å². The van der Waals surface area contributed by atoms with Crippen molar-refractivity contribution in [1.29, 1.82) is 0 Å². The van der Waals surface area contributed by atoms with Crippen LogP contribution in [0.1, 0.15) is 52.9 Å². The molecule has 0 spiro atoms. The summed E-state index contributed by atoms with van der Waals surface area (Å²) < 4.78 is 5.61. The Hall–Kier alpha value is -1.47. The number of hydrogen-bond donors (Lipinski definition) is 1. The molecule has 1 aromatic heterocycles. The standard InChI is InChI=1S/C16H20N2O4S/c19-15(12-7-17-14(23-12)11-5-2-6-22-11)18-8-9-3-1-4-10(9)13(18)16(20)21/h7,9-11,13H,1-6,8H2,(H,20,21)/t9-,10+,11-,13-/m0/s1. The predicted octanol–water partition coefficient (Wildman–Crippen LogP) is 2.32. The Morgan fingerprint density at radius 2 is 2.17 bits per heavy atom. The van der Waals surface area contributed by atoms with E-state index in [9.17, 15) is 14.7 Å². The molecule has 4 atom stereocenters. The number of carboxylic acid groups (broad SMARTS) is 1. The number of hydrogen-bond acceptors (Lipinski definition) is 5. The third kappa shape index (κ3) is 2.55. The Morgan fingerprint density at radius 1 is 1.30 bits per heavy atom. The molecule has 0 aromatic carbocycles. The second kappa shape index (κ2) is 5.87. The fourth-order valence-electron chi connectivity index (χ4n) is 4.28.